The summed E-state index contributed by atoms with van der Waals surface area (Å²) in [6, 6.07) is 6.87. The number of rotatable bonds is 2. The fraction of sp³-hybridized carbons (Fsp3) is 0.125. The normalized spacial score (nSPS) is 9.62. The third kappa shape index (κ3) is 2.64. The van der Waals surface area contributed by atoms with E-state index in [1.807, 2.05) is 0 Å². The van der Waals surface area contributed by atoms with Gasteiger partial charge in [-0.2, -0.15) is 0 Å². The maximum absolute atomic E-state index is 10.3. The Bertz CT molecular complexity index is 297. The van der Waals surface area contributed by atoms with Crippen molar-refractivity contribution in [3.8, 4) is 0 Å². The zero-order chi connectivity index (χ0) is 9.84. The molecule has 5 nitrogen and oxygen atoms in total. The first-order valence-electron chi connectivity index (χ1n) is 3.69. The van der Waals surface area contributed by atoms with Crippen LogP contribution in [-0.4, -0.2) is 16.2 Å². The summed E-state index contributed by atoms with van der Waals surface area (Å²) in [6.07, 6.45) is -1.16. The highest BCUT2D eigenvalue weighted by molar-refractivity contribution is 5.64. The Morgan fingerprint density at radius 2 is 1.92 bits per heavy atom. The molecule has 1 amide bonds. The predicted molar refractivity (Wildman–Crippen MR) is 48.6 cm³/mol. The molecule has 5 heteroatoms. The molecular weight excluding hydrogens is 170 g/mol. The molecular formula is C8H11N3O2. The lowest BCUT2D eigenvalue weighted by molar-refractivity contribution is 0.143. The van der Waals surface area contributed by atoms with Gasteiger partial charge in [0.1, 0.15) is 0 Å². The van der Waals surface area contributed by atoms with Gasteiger partial charge in [-0.25, -0.2) is 15.6 Å². The Morgan fingerprint density at radius 3 is 2.38 bits per heavy atom. The summed E-state index contributed by atoms with van der Waals surface area (Å²) in [5, 5.41) is 9.19. The Morgan fingerprint density at radius 1 is 1.38 bits per heavy atom. The van der Waals surface area contributed by atoms with Crippen LogP contribution in [0.4, 0.5) is 10.5 Å². The Balaban J connectivity index is 2.64. The minimum atomic E-state index is -1.16. The number of nitrogens with zero attached hydrogens (tertiary/aromatic N) is 1. The minimum Gasteiger partial charge on any atom is -0.464 e. The molecule has 0 aliphatic carbocycles. The van der Waals surface area contributed by atoms with Crippen molar-refractivity contribution in [2.45, 2.75) is 6.54 Å². The van der Waals surface area contributed by atoms with Crippen molar-refractivity contribution in [1.29, 1.82) is 0 Å². The van der Waals surface area contributed by atoms with Crippen molar-refractivity contribution < 1.29 is 9.90 Å². The van der Waals surface area contributed by atoms with Gasteiger partial charge in [0.2, 0.25) is 0 Å². The van der Waals surface area contributed by atoms with Crippen molar-refractivity contribution in [2.24, 2.45) is 5.84 Å². The molecule has 0 saturated heterocycles. The number of nitrogen functional groups attached to an aromatic ring is 1. The molecule has 0 radical (unpaired) electrons. The fourth-order valence-corrected chi connectivity index (χ4v) is 0.887. The van der Waals surface area contributed by atoms with Crippen LogP contribution in [0.3, 0.4) is 0 Å². The molecule has 0 fully saturated rings. The number of benzene rings is 1. The maximum atomic E-state index is 10.3. The Hall–Kier alpha value is -1.75. The van der Waals surface area contributed by atoms with E-state index in [9.17, 15) is 4.79 Å². The van der Waals surface area contributed by atoms with Crippen LogP contribution in [0.5, 0.6) is 0 Å². The first kappa shape index (κ1) is 9.34. The predicted octanol–water partition coefficient (Wildman–Crippen LogP) is 0.623. The van der Waals surface area contributed by atoms with E-state index in [-0.39, 0.29) is 6.54 Å². The second-order valence-electron chi connectivity index (χ2n) is 2.65. The van der Waals surface area contributed by atoms with Gasteiger partial charge in [-0.05, 0) is 17.7 Å². The molecule has 0 heterocycles. The molecule has 1 rings (SSSR count). The number of nitrogens with two attached hydrogens (primary N) is 2. The third-order valence-corrected chi connectivity index (χ3v) is 1.58. The third-order valence-electron chi connectivity index (χ3n) is 1.58. The highest BCUT2D eigenvalue weighted by atomic mass is 16.4. The van der Waals surface area contributed by atoms with Crippen molar-refractivity contribution >= 4 is 11.8 Å². The van der Waals surface area contributed by atoms with Gasteiger partial charge in [0.05, 0.1) is 6.54 Å². The van der Waals surface area contributed by atoms with E-state index in [0.717, 1.165) is 5.56 Å². The number of carbonyl (C=O) groups is 1. The minimum absolute atomic E-state index is 0.162. The molecule has 0 saturated carbocycles. The molecule has 13 heavy (non-hydrogen) atoms. The SMILES string of the molecule is Nc1ccc(CN(N)C(=O)O)cc1. The number of carboxylic acid groups (broad SMARTS) is 1. The molecule has 0 bridgehead atoms. The second-order valence-corrected chi connectivity index (χ2v) is 2.65. The van der Waals surface area contributed by atoms with Gasteiger partial charge in [0.25, 0.3) is 0 Å². The van der Waals surface area contributed by atoms with Crippen LogP contribution >= 0.6 is 0 Å². The number of hydrogen-bond acceptors (Lipinski definition) is 3. The summed E-state index contributed by atoms with van der Waals surface area (Å²) in [4.78, 5) is 10.3. The fourth-order valence-electron chi connectivity index (χ4n) is 0.887. The van der Waals surface area contributed by atoms with Gasteiger partial charge in [-0.3, -0.25) is 0 Å². The summed E-state index contributed by atoms with van der Waals surface area (Å²) in [5.41, 5.74) is 6.90. The van der Waals surface area contributed by atoms with E-state index in [2.05, 4.69) is 0 Å². The zero-order valence-corrected chi connectivity index (χ0v) is 6.97. The van der Waals surface area contributed by atoms with E-state index in [0.29, 0.717) is 10.7 Å². The quantitative estimate of drug-likeness (QED) is 0.270. The molecule has 1 aromatic carbocycles. The van der Waals surface area contributed by atoms with Crippen molar-refractivity contribution in [3.63, 3.8) is 0 Å². The van der Waals surface area contributed by atoms with Crippen LogP contribution in [-0.2, 0) is 6.54 Å². The summed E-state index contributed by atoms with van der Waals surface area (Å²) >= 11 is 0. The van der Waals surface area contributed by atoms with Crippen LogP contribution in [0.2, 0.25) is 0 Å². The van der Waals surface area contributed by atoms with Crippen LogP contribution in [0.15, 0.2) is 24.3 Å². The van der Waals surface area contributed by atoms with Gasteiger partial charge in [0.15, 0.2) is 0 Å². The van der Waals surface area contributed by atoms with Crippen molar-refractivity contribution in [2.75, 3.05) is 5.73 Å². The van der Waals surface area contributed by atoms with Gasteiger partial charge < -0.3 is 10.8 Å². The molecule has 0 atom stereocenters. The Labute approximate surface area is 75.5 Å². The highest BCUT2D eigenvalue weighted by Crippen LogP contribution is 2.06. The lowest BCUT2D eigenvalue weighted by Gasteiger charge is -2.11. The molecule has 0 spiro atoms. The Kier molecular flexibility index (Phi) is 2.71. The van der Waals surface area contributed by atoms with Crippen LogP contribution in [0.1, 0.15) is 5.56 Å². The van der Waals surface area contributed by atoms with Crippen molar-refractivity contribution in [1.82, 2.24) is 5.01 Å². The van der Waals surface area contributed by atoms with Gasteiger partial charge in [0, 0.05) is 5.69 Å². The average molecular weight is 181 g/mol. The summed E-state index contributed by atoms with van der Waals surface area (Å²) in [6.45, 7) is 0.162. The molecule has 70 valence electrons. The number of anilines is 1. The van der Waals surface area contributed by atoms with Gasteiger partial charge in [-0.15, -0.1) is 0 Å². The topological polar surface area (TPSA) is 92.6 Å². The second kappa shape index (κ2) is 3.77. The summed E-state index contributed by atoms with van der Waals surface area (Å²) in [7, 11) is 0. The standard InChI is InChI=1S/C8H11N3O2/c9-7-3-1-6(2-4-7)5-11(10)8(12)13/h1-4H,5,9-10H2,(H,12,13). The summed E-state index contributed by atoms with van der Waals surface area (Å²) < 4.78 is 0. The van der Waals surface area contributed by atoms with E-state index in [4.69, 9.17) is 16.7 Å². The van der Waals surface area contributed by atoms with E-state index in [1.165, 1.54) is 0 Å². The number of hydrazine groups is 1. The van der Waals surface area contributed by atoms with E-state index >= 15 is 0 Å². The van der Waals surface area contributed by atoms with E-state index in [1.54, 1.807) is 24.3 Å². The van der Waals surface area contributed by atoms with Crippen molar-refractivity contribution in [3.05, 3.63) is 29.8 Å². The molecule has 0 aliphatic heterocycles. The lowest BCUT2D eigenvalue weighted by atomic mass is 10.2. The van der Waals surface area contributed by atoms with Gasteiger partial charge >= 0.3 is 6.09 Å². The molecule has 0 unspecified atom stereocenters. The first-order valence-corrected chi connectivity index (χ1v) is 3.69. The van der Waals surface area contributed by atoms with Gasteiger partial charge in [-0.1, -0.05) is 12.1 Å². The maximum Gasteiger partial charge on any atom is 0.421 e. The smallest absolute Gasteiger partial charge is 0.421 e. The molecule has 0 aliphatic rings. The number of hydrogen-bond donors (Lipinski definition) is 3. The number of amides is 1. The highest BCUT2D eigenvalue weighted by Gasteiger charge is 2.05. The van der Waals surface area contributed by atoms with Crippen LogP contribution in [0.25, 0.3) is 0 Å². The lowest BCUT2D eigenvalue weighted by Crippen LogP contribution is -2.35. The average Bonchev–Trinajstić information content (AvgIpc) is 2.08. The first-order chi connectivity index (χ1) is 6.09. The monoisotopic (exact) mass is 181 g/mol. The molecule has 1 aromatic rings. The largest absolute Gasteiger partial charge is 0.464 e. The van der Waals surface area contributed by atoms with Crippen LogP contribution < -0.4 is 11.6 Å². The molecule has 0 aromatic heterocycles. The molecule has 5 N–H and O–H groups in total. The van der Waals surface area contributed by atoms with E-state index < -0.39 is 6.09 Å². The van der Waals surface area contributed by atoms with Crippen LogP contribution in [0, 0.1) is 0 Å². The zero-order valence-electron chi connectivity index (χ0n) is 6.97. The summed E-state index contributed by atoms with van der Waals surface area (Å²) in [5.74, 6) is 5.19.